The second-order valence-corrected chi connectivity index (χ2v) is 8.91. The van der Waals surface area contributed by atoms with Crippen LogP contribution in [0, 0.1) is 27.7 Å². The molecule has 2 rings (SSSR count). The monoisotopic (exact) mass is 367 g/mol. The van der Waals surface area contributed by atoms with E-state index in [4.69, 9.17) is 4.74 Å². The van der Waals surface area contributed by atoms with E-state index in [9.17, 15) is 8.42 Å². The summed E-state index contributed by atoms with van der Waals surface area (Å²) in [6, 6.07) is 5.94. The molecular formula is C18H25NO3S2. The number of benzene rings is 1. The van der Waals surface area contributed by atoms with Crippen LogP contribution in [0.4, 0.5) is 0 Å². The first-order chi connectivity index (χ1) is 11.3. The molecule has 1 aromatic heterocycles. The van der Waals surface area contributed by atoms with Gasteiger partial charge < -0.3 is 4.74 Å². The zero-order chi connectivity index (χ0) is 17.9. The topological polar surface area (TPSA) is 46.6 Å². The summed E-state index contributed by atoms with van der Waals surface area (Å²) < 4.78 is 33.4. The van der Waals surface area contributed by atoms with Crippen LogP contribution in [0.25, 0.3) is 0 Å². The van der Waals surface area contributed by atoms with E-state index in [-0.39, 0.29) is 0 Å². The highest BCUT2D eigenvalue weighted by atomic mass is 32.2. The van der Waals surface area contributed by atoms with Crippen LogP contribution in [0.15, 0.2) is 28.5 Å². The van der Waals surface area contributed by atoms with Gasteiger partial charge in [0.05, 0.1) is 11.5 Å². The first-order valence-corrected chi connectivity index (χ1v) is 10.2. The molecule has 0 saturated heterocycles. The number of thiophene rings is 1. The molecule has 0 fully saturated rings. The van der Waals surface area contributed by atoms with Crippen LogP contribution in [0.2, 0.25) is 0 Å². The summed E-state index contributed by atoms with van der Waals surface area (Å²) in [4.78, 5) is 1.46. The summed E-state index contributed by atoms with van der Waals surface area (Å²) in [7, 11) is -2.01. The molecule has 0 aliphatic rings. The Morgan fingerprint density at radius 2 is 1.75 bits per heavy atom. The second kappa shape index (κ2) is 7.78. The number of hydrogen-bond acceptors (Lipinski definition) is 4. The van der Waals surface area contributed by atoms with E-state index in [0.717, 1.165) is 27.1 Å². The number of ether oxygens (including phenoxy) is 1. The molecule has 0 unspecified atom stereocenters. The Labute approximate surface area is 149 Å². The number of hydrogen-bond donors (Lipinski definition) is 0. The van der Waals surface area contributed by atoms with E-state index in [1.807, 2.05) is 51.3 Å². The molecule has 1 heterocycles. The van der Waals surface area contributed by atoms with Crippen LogP contribution in [0.5, 0.6) is 0 Å². The van der Waals surface area contributed by atoms with Gasteiger partial charge in [0.15, 0.2) is 0 Å². The molecule has 0 aliphatic carbocycles. The van der Waals surface area contributed by atoms with Crippen molar-refractivity contribution in [2.45, 2.75) is 39.1 Å². The molecule has 0 aliphatic heterocycles. The molecule has 0 atom stereocenters. The normalized spacial score (nSPS) is 12.1. The lowest BCUT2D eigenvalue weighted by Gasteiger charge is -2.25. The van der Waals surface area contributed by atoms with Gasteiger partial charge in [0.1, 0.15) is 0 Å². The fourth-order valence-corrected chi connectivity index (χ4v) is 5.53. The minimum atomic E-state index is -3.60. The van der Waals surface area contributed by atoms with Crippen LogP contribution in [0.1, 0.15) is 27.1 Å². The maximum absolute atomic E-state index is 13.4. The first-order valence-electron chi connectivity index (χ1n) is 7.88. The van der Waals surface area contributed by atoms with Gasteiger partial charge in [-0.05, 0) is 61.4 Å². The Morgan fingerprint density at radius 3 is 2.25 bits per heavy atom. The summed E-state index contributed by atoms with van der Waals surface area (Å²) in [6.45, 7) is 8.76. The van der Waals surface area contributed by atoms with E-state index >= 15 is 0 Å². The van der Waals surface area contributed by atoms with Gasteiger partial charge in [-0.1, -0.05) is 12.1 Å². The van der Waals surface area contributed by atoms with Crippen molar-refractivity contribution in [3.8, 4) is 0 Å². The van der Waals surface area contributed by atoms with Crippen molar-refractivity contribution in [3.63, 3.8) is 0 Å². The standard InChI is InChI=1S/C18H25NO3S2/c1-13-11-14(2)16(4)18(15(13)3)24(20,21)19(8-9-22-5)12-17-7-6-10-23-17/h6-7,10-11H,8-9,12H2,1-5H3. The van der Waals surface area contributed by atoms with Crippen molar-refractivity contribution in [2.24, 2.45) is 0 Å². The summed E-state index contributed by atoms with van der Waals surface area (Å²) in [5, 5.41) is 1.96. The van der Waals surface area contributed by atoms with Gasteiger partial charge in [-0.2, -0.15) is 4.31 Å². The van der Waals surface area contributed by atoms with Gasteiger partial charge >= 0.3 is 0 Å². The predicted molar refractivity (Wildman–Crippen MR) is 99.2 cm³/mol. The zero-order valence-corrected chi connectivity index (χ0v) is 16.6. The van der Waals surface area contributed by atoms with Gasteiger partial charge in [0.2, 0.25) is 10.0 Å². The second-order valence-electron chi connectivity index (χ2n) is 6.00. The molecule has 6 heteroatoms. The van der Waals surface area contributed by atoms with Crippen molar-refractivity contribution in [3.05, 3.63) is 50.7 Å². The summed E-state index contributed by atoms with van der Waals surface area (Å²) in [5.74, 6) is 0. The van der Waals surface area contributed by atoms with Crippen LogP contribution in [-0.4, -0.2) is 33.0 Å². The van der Waals surface area contributed by atoms with E-state index in [2.05, 4.69) is 0 Å². The average molecular weight is 368 g/mol. The molecule has 2 aromatic rings. The fourth-order valence-electron chi connectivity index (χ4n) is 2.75. The molecule has 24 heavy (non-hydrogen) atoms. The zero-order valence-electron chi connectivity index (χ0n) is 14.9. The average Bonchev–Trinajstić information content (AvgIpc) is 3.02. The highest BCUT2D eigenvalue weighted by Crippen LogP contribution is 2.29. The minimum absolute atomic E-state index is 0.336. The van der Waals surface area contributed by atoms with Gasteiger partial charge in [-0.3, -0.25) is 0 Å². The molecule has 4 nitrogen and oxygen atoms in total. The van der Waals surface area contributed by atoms with E-state index in [0.29, 0.717) is 24.6 Å². The number of nitrogens with zero attached hydrogens (tertiary/aromatic N) is 1. The number of methoxy groups -OCH3 is 1. The van der Waals surface area contributed by atoms with E-state index in [1.54, 1.807) is 18.4 Å². The van der Waals surface area contributed by atoms with Crippen LogP contribution < -0.4 is 0 Å². The molecule has 0 saturated carbocycles. The molecule has 0 bridgehead atoms. The Morgan fingerprint density at radius 1 is 1.12 bits per heavy atom. The lowest BCUT2D eigenvalue weighted by molar-refractivity contribution is 0.177. The minimum Gasteiger partial charge on any atom is -0.383 e. The number of aryl methyl sites for hydroxylation is 2. The molecule has 0 radical (unpaired) electrons. The lowest BCUT2D eigenvalue weighted by Crippen LogP contribution is -2.34. The third-order valence-electron chi connectivity index (χ3n) is 4.35. The number of sulfonamides is 1. The quantitative estimate of drug-likeness (QED) is 0.747. The largest absolute Gasteiger partial charge is 0.383 e. The Bertz CT molecular complexity index is 770. The molecular weight excluding hydrogens is 342 g/mol. The van der Waals surface area contributed by atoms with E-state index in [1.165, 1.54) is 4.31 Å². The van der Waals surface area contributed by atoms with Crippen LogP contribution in [-0.2, 0) is 21.3 Å². The molecule has 132 valence electrons. The fraction of sp³-hybridized carbons (Fsp3) is 0.444. The van der Waals surface area contributed by atoms with Gasteiger partial charge in [-0.15, -0.1) is 11.3 Å². The highest BCUT2D eigenvalue weighted by Gasteiger charge is 2.29. The maximum Gasteiger partial charge on any atom is 0.244 e. The van der Waals surface area contributed by atoms with Crippen molar-refractivity contribution in [2.75, 3.05) is 20.3 Å². The number of rotatable bonds is 7. The third-order valence-corrected chi connectivity index (χ3v) is 7.33. The first kappa shape index (κ1) is 19.1. The van der Waals surface area contributed by atoms with Crippen molar-refractivity contribution in [1.82, 2.24) is 4.31 Å². The summed E-state index contributed by atoms with van der Waals surface area (Å²) in [5.41, 5.74) is 3.65. The van der Waals surface area contributed by atoms with Gasteiger partial charge in [0.25, 0.3) is 0 Å². The van der Waals surface area contributed by atoms with Gasteiger partial charge in [0, 0.05) is 25.1 Å². The molecule has 0 amide bonds. The Hall–Kier alpha value is -1.21. The summed E-state index contributed by atoms with van der Waals surface area (Å²) >= 11 is 1.56. The SMILES string of the molecule is COCCN(Cc1cccs1)S(=O)(=O)c1c(C)c(C)cc(C)c1C. The Kier molecular flexibility index (Phi) is 6.20. The lowest BCUT2D eigenvalue weighted by atomic mass is 10.0. The Balaban J connectivity index is 2.52. The van der Waals surface area contributed by atoms with Crippen molar-refractivity contribution >= 4 is 21.4 Å². The molecule has 0 spiro atoms. The maximum atomic E-state index is 13.4. The van der Waals surface area contributed by atoms with Crippen molar-refractivity contribution in [1.29, 1.82) is 0 Å². The predicted octanol–water partition coefficient (Wildman–Crippen LogP) is 3.82. The van der Waals surface area contributed by atoms with E-state index < -0.39 is 10.0 Å². The summed E-state index contributed by atoms with van der Waals surface area (Å²) in [6.07, 6.45) is 0. The van der Waals surface area contributed by atoms with Crippen LogP contribution in [0.3, 0.4) is 0 Å². The van der Waals surface area contributed by atoms with Crippen LogP contribution >= 0.6 is 11.3 Å². The molecule has 1 aromatic carbocycles. The highest BCUT2D eigenvalue weighted by molar-refractivity contribution is 7.89. The van der Waals surface area contributed by atoms with Crippen molar-refractivity contribution < 1.29 is 13.2 Å². The third kappa shape index (κ3) is 3.88. The molecule has 0 N–H and O–H groups in total. The van der Waals surface area contributed by atoms with Gasteiger partial charge in [-0.25, -0.2) is 8.42 Å². The smallest absolute Gasteiger partial charge is 0.244 e.